The second-order valence-electron chi connectivity index (χ2n) is 10.7. The van der Waals surface area contributed by atoms with Gasteiger partial charge in [-0.15, -0.1) is 0 Å². The SMILES string of the molecule is COc1cc(C2CCN(C(=O)OC(C)(C)C)CC2)ccc1Nc1ncc(OCc2c(Cl)c(OC)cc(OC)c2Cl)cn1. The largest absolute Gasteiger partial charge is 0.495 e. The summed E-state index contributed by atoms with van der Waals surface area (Å²) in [6.45, 7) is 6.98. The summed E-state index contributed by atoms with van der Waals surface area (Å²) in [5, 5.41) is 3.88. The van der Waals surface area contributed by atoms with Crippen molar-refractivity contribution in [3.63, 3.8) is 0 Å². The van der Waals surface area contributed by atoms with Crippen molar-refractivity contribution >= 4 is 40.9 Å². The Morgan fingerprint density at radius 2 is 1.55 bits per heavy atom. The van der Waals surface area contributed by atoms with Gasteiger partial charge < -0.3 is 33.9 Å². The van der Waals surface area contributed by atoms with Crippen LogP contribution in [0.4, 0.5) is 16.4 Å². The molecule has 10 nitrogen and oxygen atoms in total. The third-order valence-electron chi connectivity index (χ3n) is 6.77. The van der Waals surface area contributed by atoms with Gasteiger partial charge in [0.2, 0.25) is 5.95 Å². The summed E-state index contributed by atoms with van der Waals surface area (Å²) in [7, 11) is 4.65. The fourth-order valence-electron chi connectivity index (χ4n) is 4.58. The van der Waals surface area contributed by atoms with Gasteiger partial charge >= 0.3 is 6.09 Å². The maximum atomic E-state index is 12.4. The minimum absolute atomic E-state index is 0.0628. The summed E-state index contributed by atoms with van der Waals surface area (Å²) in [6.07, 6.45) is 4.53. The molecule has 1 aliphatic heterocycles. The molecule has 3 aromatic rings. The average Bonchev–Trinajstić information content (AvgIpc) is 2.97. The number of carbonyl (C=O) groups is 1. The lowest BCUT2D eigenvalue weighted by Crippen LogP contribution is -2.41. The molecule has 1 fully saturated rings. The van der Waals surface area contributed by atoms with Crippen molar-refractivity contribution in [2.24, 2.45) is 0 Å². The number of nitrogens with zero attached hydrogens (tertiary/aromatic N) is 3. The molecule has 0 unspecified atom stereocenters. The third-order valence-corrected chi connectivity index (χ3v) is 7.59. The number of methoxy groups -OCH3 is 3. The standard InChI is InChI=1S/C30H36Cl2N4O6/c1-30(2,3)42-29(37)36-11-9-18(10-12-36)19-7-8-22(23(13-19)38-4)35-28-33-15-20(16-34-28)41-17-21-26(31)24(39-5)14-25(40-6)27(21)32/h7-8,13-16,18H,9-12,17H2,1-6H3,(H,33,34,35). The van der Waals surface area contributed by atoms with Crippen LogP contribution in [0.25, 0.3) is 0 Å². The smallest absolute Gasteiger partial charge is 0.410 e. The lowest BCUT2D eigenvalue weighted by Gasteiger charge is -2.33. The van der Waals surface area contributed by atoms with E-state index in [1.165, 1.54) is 14.2 Å². The quantitative estimate of drug-likeness (QED) is 0.265. The summed E-state index contributed by atoms with van der Waals surface area (Å²) >= 11 is 12.9. The molecule has 2 aromatic carbocycles. The van der Waals surface area contributed by atoms with E-state index in [-0.39, 0.29) is 12.7 Å². The number of anilines is 2. The van der Waals surface area contributed by atoms with E-state index in [2.05, 4.69) is 21.4 Å². The number of rotatable bonds is 9. The zero-order valence-corrected chi connectivity index (χ0v) is 26.1. The zero-order chi connectivity index (χ0) is 30.4. The van der Waals surface area contributed by atoms with Crippen molar-refractivity contribution < 1.29 is 28.5 Å². The minimum atomic E-state index is -0.505. The molecule has 0 radical (unpaired) electrons. The summed E-state index contributed by atoms with van der Waals surface area (Å²) in [5.41, 5.74) is 1.90. The van der Waals surface area contributed by atoms with E-state index in [1.54, 1.807) is 30.5 Å². The Balaban J connectivity index is 1.37. The Labute approximate surface area is 256 Å². The Morgan fingerprint density at radius 3 is 2.10 bits per heavy atom. The normalized spacial score (nSPS) is 13.9. The first-order valence-electron chi connectivity index (χ1n) is 13.5. The van der Waals surface area contributed by atoms with Crippen LogP contribution in [0.1, 0.15) is 50.7 Å². The molecule has 4 rings (SSSR count). The molecular formula is C30H36Cl2N4O6. The number of halogens is 2. The van der Waals surface area contributed by atoms with Gasteiger partial charge in [-0.05, 0) is 57.2 Å². The second-order valence-corrected chi connectivity index (χ2v) is 11.5. The van der Waals surface area contributed by atoms with E-state index in [9.17, 15) is 4.79 Å². The lowest BCUT2D eigenvalue weighted by atomic mass is 9.89. The van der Waals surface area contributed by atoms with Gasteiger partial charge in [0, 0.05) is 24.7 Å². The number of carbonyl (C=O) groups excluding carboxylic acids is 1. The molecule has 1 N–H and O–H groups in total. The molecule has 2 heterocycles. The van der Waals surface area contributed by atoms with Gasteiger partial charge in [0.1, 0.15) is 29.5 Å². The molecule has 1 aliphatic rings. The van der Waals surface area contributed by atoms with Crippen molar-refractivity contribution in [3.8, 4) is 23.0 Å². The zero-order valence-electron chi connectivity index (χ0n) is 24.6. The van der Waals surface area contributed by atoms with E-state index in [1.807, 2.05) is 32.9 Å². The molecule has 0 spiro atoms. The highest BCUT2D eigenvalue weighted by Gasteiger charge is 2.28. The first-order chi connectivity index (χ1) is 20.0. The number of hydrogen-bond acceptors (Lipinski definition) is 9. The summed E-state index contributed by atoms with van der Waals surface area (Å²) in [4.78, 5) is 22.9. The van der Waals surface area contributed by atoms with Crippen LogP contribution in [0.15, 0.2) is 36.7 Å². The van der Waals surface area contributed by atoms with Crippen molar-refractivity contribution in [1.82, 2.24) is 14.9 Å². The fourth-order valence-corrected chi connectivity index (χ4v) is 5.19. The number of likely N-dealkylation sites (tertiary alicyclic amines) is 1. The molecule has 0 saturated carbocycles. The van der Waals surface area contributed by atoms with Gasteiger partial charge in [0.05, 0.1) is 49.5 Å². The first-order valence-corrected chi connectivity index (χ1v) is 14.2. The third kappa shape index (κ3) is 7.60. The van der Waals surface area contributed by atoms with Crippen LogP contribution >= 0.6 is 23.2 Å². The van der Waals surface area contributed by atoms with Crippen LogP contribution in [-0.4, -0.2) is 61.0 Å². The lowest BCUT2D eigenvalue weighted by molar-refractivity contribution is 0.0205. The average molecular weight is 620 g/mol. The first kappa shape index (κ1) is 31.3. The van der Waals surface area contributed by atoms with E-state index in [0.717, 1.165) is 24.1 Å². The van der Waals surface area contributed by atoms with Crippen LogP contribution in [0, 0.1) is 0 Å². The van der Waals surface area contributed by atoms with E-state index < -0.39 is 5.60 Å². The number of ether oxygens (including phenoxy) is 5. The molecular weight excluding hydrogens is 583 g/mol. The number of nitrogens with one attached hydrogen (secondary N) is 1. The summed E-state index contributed by atoms with van der Waals surface area (Å²) in [5.74, 6) is 2.64. The van der Waals surface area contributed by atoms with E-state index >= 15 is 0 Å². The Hall–Kier alpha value is -3.63. The number of hydrogen-bond donors (Lipinski definition) is 1. The van der Waals surface area contributed by atoms with E-state index in [0.29, 0.717) is 63.6 Å². The molecule has 0 bridgehead atoms. The molecule has 1 saturated heterocycles. The van der Waals surface area contributed by atoms with Gasteiger partial charge in [-0.1, -0.05) is 29.3 Å². The Bertz CT molecular complexity index is 1360. The van der Waals surface area contributed by atoms with Crippen LogP contribution < -0.4 is 24.3 Å². The maximum Gasteiger partial charge on any atom is 0.410 e. The number of aromatic nitrogens is 2. The van der Waals surface area contributed by atoms with Gasteiger partial charge in [0.15, 0.2) is 5.75 Å². The molecule has 1 amide bonds. The summed E-state index contributed by atoms with van der Waals surface area (Å²) < 4.78 is 27.6. The minimum Gasteiger partial charge on any atom is -0.495 e. The van der Waals surface area contributed by atoms with E-state index in [4.69, 9.17) is 46.9 Å². The van der Waals surface area contributed by atoms with Gasteiger partial charge in [0.25, 0.3) is 0 Å². The van der Waals surface area contributed by atoms with Crippen LogP contribution in [0.3, 0.4) is 0 Å². The van der Waals surface area contributed by atoms with Crippen LogP contribution in [-0.2, 0) is 11.3 Å². The number of piperidine rings is 1. The Kier molecular flexibility index (Phi) is 10.1. The van der Waals surface area contributed by atoms with Crippen LogP contribution in [0.2, 0.25) is 10.0 Å². The van der Waals surface area contributed by atoms with Gasteiger partial charge in [-0.2, -0.15) is 0 Å². The van der Waals surface area contributed by atoms with Crippen molar-refractivity contribution in [2.75, 3.05) is 39.7 Å². The highest BCUT2D eigenvalue weighted by molar-refractivity contribution is 6.37. The van der Waals surface area contributed by atoms with Gasteiger partial charge in [-0.25, -0.2) is 14.8 Å². The summed E-state index contributed by atoms with van der Waals surface area (Å²) in [6, 6.07) is 7.64. The van der Waals surface area contributed by atoms with Crippen LogP contribution in [0.5, 0.6) is 23.0 Å². The highest BCUT2D eigenvalue weighted by Crippen LogP contribution is 2.41. The molecule has 226 valence electrons. The molecule has 0 atom stereocenters. The predicted octanol–water partition coefficient (Wildman–Crippen LogP) is 7.25. The number of amides is 1. The molecule has 42 heavy (non-hydrogen) atoms. The monoisotopic (exact) mass is 618 g/mol. The van der Waals surface area contributed by atoms with Crippen molar-refractivity contribution in [1.29, 1.82) is 0 Å². The number of benzene rings is 2. The van der Waals surface area contributed by atoms with Crippen molar-refractivity contribution in [3.05, 3.63) is 57.8 Å². The second kappa shape index (κ2) is 13.6. The predicted molar refractivity (Wildman–Crippen MR) is 162 cm³/mol. The molecule has 0 aliphatic carbocycles. The highest BCUT2D eigenvalue weighted by atomic mass is 35.5. The topological polar surface area (TPSA) is 104 Å². The molecule has 12 heteroatoms. The Morgan fingerprint density at radius 1 is 0.952 bits per heavy atom. The van der Waals surface area contributed by atoms with Crippen molar-refractivity contribution in [2.45, 2.75) is 51.7 Å². The fraction of sp³-hybridized carbons (Fsp3) is 0.433. The molecule has 1 aromatic heterocycles. The van der Waals surface area contributed by atoms with Gasteiger partial charge in [-0.3, -0.25) is 0 Å². The maximum absolute atomic E-state index is 12.4.